The molecule has 3 atom stereocenters. The van der Waals surface area contributed by atoms with Gasteiger partial charge in [-0.1, -0.05) is 23.6 Å². The Hall–Kier alpha value is -5.82. The third-order valence-corrected chi connectivity index (χ3v) is 15.9. The molecule has 3 aliphatic rings. The van der Waals surface area contributed by atoms with Gasteiger partial charge in [-0.25, -0.2) is 30.6 Å². The van der Waals surface area contributed by atoms with Crippen LogP contribution in [0.3, 0.4) is 0 Å². The number of alkyl halides is 8. The van der Waals surface area contributed by atoms with E-state index in [-0.39, 0.29) is 37.8 Å². The highest BCUT2D eigenvalue weighted by Crippen LogP contribution is 2.68. The predicted molar refractivity (Wildman–Crippen MR) is 244 cm³/mol. The summed E-state index contributed by atoms with van der Waals surface area (Å²) in [5.41, 5.74) is -5.63. The number of amides is 2. The maximum absolute atomic E-state index is 15.6. The van der Waals surface area contributed by atoms with Crippen molar-refractivity contribution in [3.05, 3.63) is 93.0 Å². The van der Waals surface area contributed by atoms with Gasteiger partial charge in [-0.3, -0.25) is 23.9 Å². The summed E-state index contributed by atoms with van der Waals surface area (Å²) in [7, 11) is -8.61. The molecule has 0 unspecified atom stereocenters. The van der Waals surface area contributed by atoms with Crippen molar-refractivity contribution in [3.8, 4) is 23.0 Å². The van der Waals surface area contributed by atoms with E-state index < -0.39 is 155 Å². The number of pyridine rings is 1. The van der Waals surface area contributed by atoms with Crippen molar-refractivity contribution < 1.29 is 70.3 Å². The van der Waals surface area contributed by atoms with Gasteiger partial charge in [-0.2, -0.15) is 49.6 Å². The van der Waals surface area contributed by atoms with Crippen LogP contribution in [-0.2, 0) is 61.1 Å². The Bertz CT molecular complexity index is 3340. The molecule has 1 saturated heterocycles. The van der Waals surface area contributed by atoms with Gasteiger partial charge in [-0.15, -0.1) is 0 Å². The first-order valence-corrected chi connectivity index (χ1v) is 26.1. The molecule has 3 aromatic heterocycles. The molecule has 4 heterocycles. The summed E-state index contributed by atoms with van der Waals surface area (Å²) in [6, 6.07) is 5.00. The van der Waals surface area contributed by atoms with Crippen molar-refractivity contribution in [1.29, 1.82) is 0 Å². The maximum Gasteiger partial charge on any atom is 0.435 e. The van der Waals surface area contributed by atoms with Crippen molar-refractivity contribution in [1.82, 2.24) is 40.1 Å². The van der Waals surface area contributed by atoms with E-state index in [2.05, 4.69) is 37.7 Å². The number of piperazine rings is 1. The van der Waals surface area contributed by atoms with Gasteiger partial charge in [0.15, 0.2) is 21.3 Å². The number of nitrogens with one attached hydrogen (secondary N) is 2. The number of halogens is 11. The molecule has 2 aliphatic carbocycles. The van der Waals surface area contributed by atoms with Gasteiger partial charge >= 0.3 is 12.4 Å². The first kappa shape index (κ1) is 53.5. The number of sulfonamides is 1. The van der Waals surface area contributed by atoms with Crippen molar-refractivity contribution in [3.63, 3.8) is 0 Å². The molecular weight excluding hydrogens is 1050 g/mol. The first-order valence-electron chi connectivity index (χ1n) is 22.0. The third kappa shape index (κ3) is 10.9. The number of aromatic nitrogens is 5. The Morgan fingerprint density at radius 1 is 0.932 bits per heavy atom. The maximum atomic E-state index is 15.6. The molecule has 73 heavy (non-hydrogen) atoms. The minimum atomic E-state index is -5.21. The molecule has 28 heteroatoms. The quantitative estimate of drug-likeness (QED) is 0.0972. The van der Waals surface area contributed by atoms with E-state index in [1.54, 1.807) is 4.90 Å². The van der Waals surface area contributed by atoms with E-state index in [1.807, 2.05) is 0 Å². The zero-order valence-corrected chi connectivity index (χ0v) is 41.1. The molecule has 2 aromatic carbocycles. The van der Waals surface area contributed by atoms with E-state index in [0.29, 0.717) is 43.2 Å². The minimum Gasteiger partial charge on any atom is -0.346 e. The van der Waals surface area contributed by atoms with Crippen LogP contribution in [0.4, 0.5) is 49.7 Å². The van der Waals surface area contributed by atoms with Crippen LogP contribution < -0.4 is 14.9 Å². The Balaban J connectivity index is 1.35. The molecule has 0 bridgehead atoms. The lowest BCUT2D eigenvalue weighted by atomic mass is 9.93. The number of fused-ring (bicyclic) bond motifs is 4. The molecule has 5 aromatic rings. The number of rotatable bonds is 13. The minimum absolute atomic E-state index is 0.207. The highest BCUT2D eigenvalue weighted by atomic mass is 35.5. The summed E-state index contributed by atoms with van der Waals surface area (Å²) in [5, 5.41) is 12.0. The van der Waals surface area contributed by atoms with Crippen LogP contribution in [-0.4, -0.2) is 114 Å². The van der Waals surface area contributed by atoms with Crippen LogP contribution in [0.5, 0.6) is 0 Å². The third-order valence-electron chi connectivity index (χ3n) is 12.6. The fourth-order valence-corrected chi connectivity index (χ4v) is 10.3. The van der Waals surface area contributed by atoms with Crippen LogP contribution >= 0.6 is 11.6 Å². The second kappa shape index (κ2) is 18.8. The number of hydrogen-bond acceptors (Lipinski definition) is 11. The van der Waals surface area contributed by atoms with Gasteiger partial charge in [-0.05, 0) is 74.4 Å². The van der Waals surface area contributed by atoms with Crippen LogP contribution in [0, 0.1) is 29.4 Å². The van der Waals surface area contributed by atoms with E-state index in [1.165, 1.54) is 26.0 Å². The van der Waals surface area contributed by atoms with Crippen molar-refractivity contribution in [2.45, 2.75) is 74.8 Å². The van der Waals surface area contributed by atoms with Crippen LogP contribution in [0.25, 0.3) is 22.0 Å². The van der Waals surface area contributed by atoms with E-state index in [0.717, 1.165) is 30.5 Å². The summed E-state index contributed by atoms with van der Waals surface area (Å²) >= 11 is 6.70. The van der Waals surface area contributed by atoms with Gasteiger partial charge in [0.1, 0.15) is 40.9 Å². The van der Waals surface area contributed by atoms with Crippen LogP contribution in [0.15, 0.2) is 42.5 Å². The van der Waals surface area contributed by atoms with Gasteiger partial charge in [0.05, 0.1) is 40.5 Å². The zero-order chi connectivity index (χ0) is 53.5. The number of hydrogen-bond donors (Lipinski definition) is 2. The fraction of sp³-hybridized carbons (Fsp3) is 0.444. The topological polar surface area (TPSA) is 181 Å². The van der Waals surface area contributed by atoms with E-state index in [9.17, 15) is 61.5 Å². The molecule has 392 valence electrons. The van der Waals surface area contributed by atoms with Crippen LogP contribution in [0.2, 0.25) is 5.02 Å². The summed E-state index contributed by atoms with van der Waals surface area (Å²) in [4.78, 5) is 34.3. The van der Waals surface area contributed by atoms with Gasteiger partial charge in [0.2, 0.25) is 15.9 Å². The first-order chi connectivity index (χ1) is 33.7. The summed E-state index contributed by atoms with van der Waals surface area (Å²) < 4.78 is 199. The van der Waals surface area contributed by atoms with Crippen molar-refractivity contribution in [2.24, 2.45) is 5.92 Å². The molecule has 1 saturated carbocycles. The molecular formula is C45H42ClF10N9O6S2. The number of anilines is 1. The van der Waals surface area contributed by atoms with Crippen molar-refractivity contribution in [2.75, 3.05) is 49.5 Å². The zero-order valence-electron chi connectivity index (χ0n) is 38.7. The smallest absolute Gasteiger partial charge is 0.346 e. The molecule has 2 amide bonds. The predicted octanol–water partition coefficient (Wildman–Crippen LogP) is 6.49. The lowest BCUT2D eigenvalue weighted by Gasteiger charge is -2.28. The molecule has 8 rings (SSSR count). The van der Waals surface area contributed by atoms with Gasteiger partial charge in [0, 0.05) is 61.1 Å². The number of sulfone groups is 1. The average Bonchev–Trinajstić information content (AvgIpc) is 3.77. The Morgan fingerprint density at radius 2 is 1.58 bits per heavy atom. The summed E-state index contributed by atoms with van der Waals surface area (Å²) in [6.07, 6.45) is -9.75. The number of carbonyl (C=O) groups excluding carboxylic acids is 2. The Labute approximate surface area is 415 Å². The average molecular weight is 1090 g/mol. The standard InChI is InChI=1S/C45H42ClF10N9O6S2/c1-42(2,72(3,68)69)10-9-26-5-6-27(28-7-8-31(46)36-38(28)64(22-43(49,50)51)61-41(36)65(73(4,70)71)34(67)21-62-13-11-57-12-14-62)37(58-26)32(17-23-15-24(47)18-25(48)16-23)59-33(66)20-63-40-35(39(60-63)45(54,55)56)29-19-30(29)44(40,52)53/h5-8,15-16,18,29-30,32,57H,11-14,17,19-22H2,1-4H3,(H,59,66)/t29-,30+,32-/m0/s1. The summed E-state index contributed by atoms with van der Waals surface area (Å²) in [6.45, 7) is 0.212. The number of benzene rings is 2. The molecule has 2 fully saturated rings. The molecule has 0 spiro atoms. The monoisotopic (exact) mass is 1090 g/mol. The van der Waals surface area contributed by atoms with Crippen molar-refractivity contribution >= 4 is 60.0 Å². The van der Waals surface area contributed by atoms with Gasteiger partial charge < -0.3 is 10.6 Å². The lowest BCUT2D eigenvalue weighted by molar-refractivity contribution is -0.143. The fourth-order valence-electron chi connectivity index (χ4n) is 8.98. The largest absolute Gasteiger partial charge is 0.435 e. The highest BCUT2D eigenvalue weighted by molar-refractivity contribution is 7.93. The molecule has 2 N–H and O–H groups in total. The molecule has 0 radical (unpaired) electrons. The molecule has 15 nitrogen and oxygen atoms in total. The Morgan fingerprint density at radius 3 is 2.18 bits per heavy atom. The van der Waals surface area contributed by atoms with E-state index >= 15 is 8.78 Å². The van der Waals surface area contributed by atoms with Gasteiger partial charge in [0.25, 0.3) is 11.8 Å². The van der Waals surface area contributed by atoms with Crippen LogP contribution in [0.1, 0.15) is 66.1 Å². The summed E-state index contributed by atoms with van der Waals surface area (Å²) in [5.74, 6) is -6.89. The number of nitrogens with zero attached hydrogens (tertiary/aromatic N) is 7. The molecule has 1 aliphatic heterocycles. The SMILES string of the molecule is CC(C)(C#Cc1ccc(-c2ccc(Cl)c3c(N(C(=O)CN4CCNCC4)S(C)(=O)=O)nn(CC(F)(F)F)c23)c([C@H](Cc2cc(F)cc(F)c2)NC(=O)Cn2nc(C(F)(F)F)c3c2C(F)(F)[C@@H]2C[C@H]32)n1)S(C)(=O)=O. The lowest BCUT2D eigenvalue weighted by Crippen LogP contribution is -2.49. The second-order valence-corrected chi connectivity index (χ2v) is 23.3. The Kier molecular flexibility index (Phi) is 13.8. The second-order valence-electron chi connectivity index (χ2n) is 18.5. The van der Waals surface area contributed by atoms with E-state index in [4.69, 9.17) is 11.6 Å². The highest BCUT2D eigenvalue weighted by Gasteiger charge is 2.68. The normalized spacial score (nSPS) is 18.5. The number of carbonyl (C=O) groups is 2.